The lowest BCUT2D eigenvalue weighted by Crippen LogP contribution is -2.40. The first-order valence-corrected chi connectivity index (χ1v) is 11.5. The van der Waals surface area contributed by atoms with Crippen LogP contribution in [-0.2, 0) is 11.3 Å². The fraction of sp³-hybridized carbons (Fsp3) is 0.346. The van der Waals surface area contributed by atoms with Crippen LogP contribution < -0.4 is 29.2 Å². The van der Waals surface area contributed by atoms with Crippen LogP contribution in [0, 0.1) is 17.2 Å². The number of hydrogen-bond donors (Lipinski definition) is 1. The van der Waals surface area contributed by atoms with Crippen LogP contribution in [0.3, 0.4) is 0 Å². The molecule has 1 amide bonds. The molecule has 9 heteroatoms. The van der Waals surface area contributed by atoms with E-state index >= 15 is 0 Å². The van der Waals surface area contributed by atoms with Crippen molar-refractivity contribution in [1.82, 2.24) is 10.3 Å². The maximum absolute atomic E-state index is 12.9. The number of benzene rings is 2. The van der Waals surface area contributed by atoms with Crippen LogP contribution >= 0.6 is 0 Å². The lowest BCUT2D eigenvalue weighted by Gasteiger charge is -2.34. The van der Waals surface area contributed by atoms with Crippen molar-refractivity contribution in [2.45, 2.75) is 19.4 Å². The monoisotopic (exact) mass is 474 g/mol. The van der Waals surface area contributed by atoms with E-state index in [9.17, 15) is 10.1 Å². The van der Waals surface area contributed by atoms with Gasteiger partial charge in [0.25, 0.3) is 0 Å². The Kier molecular flexibility index (Phi) is 6.19. The highest BCUT2D eigenvalue weighted by Crippen LogP contribution is 2.38. The van der Waals surface area contributed by atoms with Gasteiger partial charge in [-0.15, -0.1) is 0 Å². The first-order chi connectivity index (χ1) is 17.1. The van der Waals surface area contributed by atoms with E-state index in [1.54, 1.807) is 20.4 Å². The summed E-state index contributed by atoms with van der Waals surface area (Å²) in [5.74, 6) is 2.54. The highest BCUT2D eigenvalue weighted by atomic mass is 16.7. The van der Waals surface area contributed by atoms with E-state index in [2.05, 4.69) is 21.3 Å². The van der Waals surface area contributed by atoms with Gasteiger partial charge in [-0.3, -0.25) is 9.78 Å². The van der Waals surface area contributed by atoms with Gasteiger partial charge in [0, 0.05) is 43.2 Å². The summed E-state index contributed by atoms with van der Waals surface area (Å²) in [4.78, 5) is 19.5. The SMILES string of the molecule is COc1cc2ncc(C#N)c(N3CCC(C(=O)NCc4ccc5c(c4)OCO5)CC3)c2cc1OC. The van der Waals surface area contributed by atoms with Gasteiger partial charge >= 0.3 is 0 Å². The first kappa shape index (κ1) is 22.6. The molecule has 0 spiro atoms. The predicted molar refractivity (Wildman–Crippen MR) is 129 cm³/mol. The number of pyridine rings is 1. The number of carbonyl (C=O) groups is 1. The van der Waals surface area contributed by atoms with Gasteiger partial charge in [0.2, 0.25) is 12.7 Å². The van der Waals surface area contributed by atoms with Crippen molar-refractivity contribution in [2.75, 3.05) is 39.0 Å². The minimum atomic E-state index is -0.0893. The molecular formula is C26H26N4O5. The summed E-state index contributed by atoms with van der Waals surface area (Å²) in [5.41, 5.74) is 3.00. The van der Waals surface area contributed by atoms with E-state index < -0.39 is 0 Å². The second-order valence-electron chi connectivity index (χ2n) is 8.52. The minimum absolute atomic E-state index is 0.0359. The standard InChI is InChI=1S/C26H26N4O5/c1-32-22-10-19-20(11-23(22)33-2)28-14-18(12-27)25(19)30-7-5-17(6-8-30)26(31)29-13-16-3-4-21-24(9-16)35-15-34-21/h3-4,9-11,14,17H,5-8,13,15H2,1-2H3,(H,29,31). The third kappa shape index (κ3) is 4.35. The third-order valence-electron chi connectivity index (χ3n) is 6.55. The van der Waals surface area contributed by atoms with Crippen LogP contribution in [0.15, 0.2) is 36.5 Å². The molecule has 3 heterocycles. The smallest absolute Gasteiger partial charge is 0.231 e. The molecule has 2 aliphatic heterocycles. The Labute approximate surface area is 203 Å². The minimum Gasteiger partial charge on any atom is -0.493 e. The number of piperidine rings is 1. The Morgan fingerprint density at radius 3 is 2.63 bits per heavy atom. The highest BCUT2D eigenvalue weighted by molar-refractivity contribution is 5.96. The van der Waals surface area contributed by atoms with Gasteiger partial charge in [0.05, 0.1) is 31.0 Å². The predicted octanol–water partition coefficient (Wildman–Crippen LogP) is 3.39. The van der Waals surface area contributed by atoms with Gasteiger partial charge in [-0.1, -0.05) is 6.07 Å². The fourth-order valence-corrected chi connectivity index (χ4v) is 4.68. The number of nitrogens with zero attached hydrogens (tertiary/aromatic N) is 3. The molecule has 1 aromatic heterocycles. The molecule has 2 aliphatic rings. The number of ether oxygens (including phenoxy) is 4. The summed E-state index contributed by atoms with van der Waals surface area (Å²) in [7, 11) is 3.16. The lowest BCUT2D eigenvalue weighted by molar-refractivity contribution is -0.125. The van der Waals surface area contributed by atoms with Crippen LogP contribution in [0.2, 0.25) is 0 Å². The van der Waals surface area contributed by atoms with E-state index in [0.29, 0.717) is 55.3 Å². The van der Waals surface area contributed by atoms with Gasteiger partial charge in [0.1, 0.15) is 6.07 Å². The number of amides is 1. The Hall–Kier alpha value is -4.19. The van der Waals surface area contributed by atoms with Crippen LogP contribution in [0.5, 0.6) is 23.0 Å². The summed E-state index contributed by atoms with van der Waals surface area (Å²) in [6.45, 7) is 1.98. The molecular weight excluding hydrogens is 448 g/mol. The Morgan fingerprint density at radius 1 is 1.14 bits per heavy atom. The fourth-order valence-electron chi connectivity index (χ4n) is 4.68. The van der Waals surface area contributed by atoms with Crippen LogP contribution in [0.25, 0.3) is 10.9 Å². The summed E-state index contributed by atoms with van der Waals surface area (Å²) in [6.07, 6.45) is 2.97. The van der Waals surface area contributed by atoms with Crippen molar-refractivity contribution >= 4 is 22.5 Å². The molecule has 3 aromatic rings. The number of nitrogens with one attached hydrogen (secondary N) is 1. The number of fused-ring (bicyclic) bond motifs is 2. The maximum Gasteiger partial charge on any atom is 0.231 e. The molecule has 35 heavy (non-hydrogen) atoms. The molecule has 1 fully saturated rings. The number of rotatable bonds is 6. The average Bonchev–Trinajstić information content (AvgIpc) is 3.38. The second-order valence-corrected chi connectivity index (χ2v) is 8.52. The number of nitriles is 1. The van der Waals surface area contributed by atoms with Crippen molar-refractivity contribution in [3.05, 3.63) is 47.7 Å². The van der Waals surface area contributed by atoms with Crippen molar-refractivity contribution in [1.29, 1.82) is 5.26 Å². The molecule has 0 saturated carbocycles. The number of anilines is 1. The topological polar surface area (TPSA) is 106 Å². The average molecular weight is 475 g/mol. The van der Waals surface area contributed by atoms with Crippen molar-refractivity contribution < 1.29 is 23.7 Å². The molecule has 0 bridgehead atoms. The first-order valence-electron chi connectivity index (χ1n) is 11.5. The second kappa shape index (κ2) is 9.58. The molecule has 0 unspecified atom stereocenters. The Balaban J connectivity index is 1.28. The third-order valence-corrected chi connectivity index (χ3v) is 6.55. The van der Waals surface area contributed by atoms with Crippen molar-refractivity contribution in [2.24, 2.45) is 5.92 Å². The largest absolute Gasteiger partial charge is 0.493 e. The maximum atomic E-state index is 12.9. The molecule has 1 saturated heterocycles. The van der Waals surface area contributed by atoms with Gasteiger partial charge < -0.3 is 29.2 Å². The lowest BCUT2D eigenvalue weighted by atomic mass is 9.94. The van der Waals surface area contributed by atoms with E-state index in [-0.39, 0.29) is 18.6 Å². The summed E-state index contributed by atoms with van der Waals surface area (Å²) < 4.78 is 21.6. The summed E-state index contributed by atoms with van der Waals surface area (Å²) >= 11 is 0. The van der Waals surface area contributed by atoms with Crippen LogP contribution in [0.4, 0.5) is 5.69 Å². The van der Waals surface area contributed by atoms with Crippen molar-refractivity contribution in [3.63, 3.8) is 0 Å². The van der Waals surface area contributed by atoms with Crippen LogP contribution in [0.1, 0.15) is 24.0 Å². The van der Waals surface area contributed by atoms with Gasteiger partial charge in [0.15, 0.2) is 23.0 Å². The number of carbonyl (C=O) groups excluding carboxylic acids is 1. The molecule has 0 radical (unpaired) electrons. The number of aromatic nitrogens is 1. The normalized spacial score (nSPS) is 15.1. The molecule has 2 aromatic carbocycles. The van der Waals surface area contributed by atoms with E-state index in [0.717, 1.165) is 27.9 Å². The van der Waals surface area contributed by atoms with Crippen molar-refractivity contribution in [3.8, 4) is 29.1 Å². The zero-order valence-electron chi connectivity index (χ0n) is 19.7. The van der Waals surface area contributed by atoms with E-state index in [4.69, 9.17) is 18.9 Å². The zero-order chi connectivity index (χ0) is 24.4. The van der Waals surface area contributed by atoms with E-state index in [1.807, 2.05) is 30.3 Å². The van der Waals surface area contributed by atoms with Crippen LogP contribution in [-0.4, -0.2) is 45.0 Å². The molecule has 9 nitrogen and oxygen atoms in total. The molecule has 0 aliphatic carbocycles. The Bertz CT molecular complexity index is 1310. The van der Waals surface area contributed by atoms with E-state index in [1.165, 1.54) is 0 Å². The molecule has 1 N–H and O–H groups in total. The van der Waals surface area contributed by atoms with Gasteiger partial charge in [-0.25, -0.2) is 0 Å². The molecule has 5 rings (SSSR count). The number of hydrogen-bond acceptors (Lipinski definition) is 8. The summed E-state index contributed by atoms with van der Waals surface area (Å²) in [6, 6.07) is 11.6. The molecule has 0 atom stereocenters. The van der Waals surface area contributed by atoms with Gasteiger partial charge in [-0.05, 0) is 36.6 Å². The Morgan fingerprint density at radius 2 is 1.89 bits per heavy atom. The zero-order valence-corrected chi connectivity index (χ0v) is 19.7. The summed E-state index contributed by atoms with van der Waals surface area (Å²) in [5, 5.41) is 13.6. The molecule has 180 valence electrons. The quantitative estimate of drug-likeness (QED) is 0.580. The van der Waals surface area contributed by atoms with Gasteiger partial charge in [-0.2, -0.15) is 5.26 Å². The number of methoxy groups -OCH3 is 2. The highest BCUT2D eigenvalue weighted by Gasteiger charge is 2.28.